The molecule has 82 valence electrons. The molecule has 0 unspecified atom stereocenters. The number of rotatable bonds is 4. The molecule has 0 fully saturated rings. The van der Waals surface area contributed by atoms with Crippen LogP contribution in [0, 0.1) is 5.92 Å². The lowest BCUT2D eigenvalue weighted by atomic mass is 10.1. The second-order valence-corrected chi connectivity index (χ2v) is 4.60. The van der Waals surface area contributed by atoms with Gasteiger partial charge in [0, 0.05) is 16.1 Å². The Labute approximate surface area is 99.2 Å². The molecule has 0 radical (unpaired) electrons. The van der Waals surface area contributed by atoms with Gasteiger partial charge < -0.3 is 5.32 Å². The maximum Gasteiger partial charge on any atom is 0.227 e. The molecule has 1 amide bonds. The lowest BCUT2D eigenvalue weighted by molar-refractivity contribution is -0.119. The Hall–Kier alpha value is -0.830. The van der Waals surface area contributed by atoms with Crippen molar-refractivity contribution in [3.63, 3.8) is 0 Å². The van der Waals surface area contributed by atoms with E-state index >= 15 is 0 Å². The van der Waals surface area contributed by atoms with Gasteiger partial charge in [0.15, 0.2) is 0 Å². The number of carbonyl (C=O) groups excluding carboxylic acids is 1. The number of carbonyl (C=O) groups is 1. The lowest BCUT2D eigenvalue weighted by Crippen LogP contribution is -2.20. The van der Waals surface area contributed by atoms with E-state index < -0.39 is 0 Å². The average molecular weight is 270 g/mol. The minimum atomic E-state index is 0.0821. The van der Waals surface area contributed by atoms with Crippen LogP contribution in [0.4, 0.5) is 5.69 Å². The number of hydrogen-bond donors (Lipinski definition) is 1. The van der Waals surface area contributed by atoms with E-state index in [1.165, 1.54) is 0 Å². The Kier molecular flexibility index (Phi) is 4.82. The van der Waals surface area contributed by atoms with Crippen LogP contribution < -0.4 is 5.32 Å². The van der Waals surface area contributed by atoms with E-state index in [0.717, 1.165) is 23.0 Å². The Balaban J connectivity index is 2.54. The fourth-order valence-corrected chi connectivity index (χ4v) is 1.63. The van der Waals surface area contributed by atoms with Crippen molar-refractivity contribution in [3.05, 3.63) is 28.7 Å². The molecule has 0 spiro atoms. The monoisotopic (exact) mass is 269 g/mol. The fourth-order valence-electron chi connectivity index (χ4n) is 1.36. The van der Waals surface area contributed by atoms with Crippen molar-refractivity contribution < 1.29 is 4.79 Å². The first kappa shape index (κ1) is 12.2. The molecule has 0 saturated carbocycles. The molecule has 1 atom stereocenters. The lowest BCUT2D eigenvalue weighted by Gasteiger charge is -2.10. The van der Waals surface area contributed by atoms with Crippen molar-refractivity contribution in [1.29, 1.82) is 0 Å². The van der Waals surface area contributed by atoms with Crippen LogP contribution in [0.1, 0.15) is 26.7 Å². The molecule has 1 aromatic carbocycles. The number of benzene rings is 1. The summed E-state index contributed by atoms with van der Waals surface area (Å²) in [7, 11) is 0. The predicted octanol–water partition coefficient (Wildman–Crippen LogP) is 3.82. The molecule has 2 nitrogen and oxygen atoms in total. The maximum atomic E-state index is 11.7. The Morgan fingerprint density at radius 2 is 2.00 bits per heavy atom. The second-order valence-electron chi connectivity index (χ2n) is 3.69. The van der Waals surface area contributed by atoms with Gasteiger partial charge in [0.25, 0.3) is 0 Å². The van der Waals surface area contributed by atoms with Crippen molar-refractivity contribution in [3.8, 4) is 0 Å². The number of anilines is 1. The van der Waals surface area contributed by atoms with E-state index in [9.17, 15) is 4.79 Å². The van der Waals surface area contributed by atoms with E-state index in [2.05, 4.69) is 28.2 Å². The second kappa shape index (κ2) is 5.91. The van der Waals surface area contributed by atoms with Gasteiger partial charge >= 0.3 is 0 Å². The van der Waals surface area contributed by atoms with Crippen LogP contribution in [0.3, 0.4) is 0 Å². The summed E-state index contributed by atoms with van der Waals surface area (Å²) in [5.74, 6) is 0.179. The quantitative estimate of drug-likeness (QED) is 0.885. The topological polar surface area (TPSA) is 29.1 Å². The van der Waals surface area contributed by atoms with Crippen molar-refractivity contribution in [1.82, 2.24) is 0 Å². The first-order valence-electron chi connectivity index (χ1n) is 5.20. The molecule has 0 aliphatic rings. The summed E-state index contributed by atoms with van der Waals surface area (Å²) >= 11 is 3.35. The van der Waals surface area contributed by atoms with Crippen LogP contribution in [0.5, 0.6) is 0 Å². The standard InChI is InChI=1S/C12H16BrNO/c1-3-4-9(2)12(15)14-11-7-5-10(13)6-8-11/h5-9H,3-4H2,1-2H3,(H,14,15)/t9-/m0/s1. The third-order valence-electron chi connectivity index (χ3n) is 2.28. The molecule has 1 rings (SSSR count). The van der Waals surface area contributed by atoms with Crippen LogP contribution in [-0.2, 0) is 4.79 Å². The predicted molar refractivity (Wildman–Crippen MR) is 66.8 cm³/mol. The molecule has 0 aliphatic carbocycles. The molecule has 0 aromatic heterocycles. The van der Waals surface area contributed by atoms with Crippen LogP contribution in [0.25, 0.3) is 0 Å². The van der Waals surface area contributed by atoms with Crippen LogP contribution >= 0.6 is 15.9 Å². The summed E-state index contributed by atoms with van der Waals surface area (Å²) in [4.78, 5) is 11.7. The smallest absolute Gasteiger partial charge is 0.227 e. The number of halogens is 1. The van der Waals surface area contributed by atoms with E-state index in [-0.39, 0.29) is 11.8 Å². The van der Waals surface area contributed by atoms with Crippen molar-refractivity contribution in [2.75, 3.05) is 5.32 Å². The number of nitrogens with one attached hydrogen (secondary N) is 1. The molecule has 0 aliphatic heterocycles. The van der Waals surface area contributed by atoms with E-state index in [0.29, 0.717) is 0 Å². The Morgan fingerprint density at radius 1 is 1.40 bits per heavy atom. The first-order valence-corrected chi connectivity index (χ1v) is 5.99. The number of amides is 1. The molecule has 1 aromatic rings. The summed E-state index contributed by atoms with van der Waals surface area (Å²) < 4.78 is 1.02. The maximum absolute atomic E-state index is 11.7. The number of hydrogen-bond acceptors (Lipinski definition) is 1. The molecular formula is C12H16BrNO. The van der Waals surface area contributed by atoms with Crippen LogP contribution in [0.2, 0.25) is 0 Å². The third kappa shape index (κ3) is 4.04. The summed E-state index contributed by atoms with van der Waals surface area (Å²) in [5, 5.41) is 2.89. The van der Waals surface area contributed by atoms with Gasteiger partial charge in [0.05, 0.1) is 0 Å². The van der Waals surface area contributed by atoms with Gasteiger partial charge in [-0.15, -0.1) is 0 Å². The summed E-state index contributed by atoms with van der Waals surface area (Å²) in [6.07, 6.45) is 1.97. The van der Waals surface area contributed by atoms with Gasteiger partial charge in [-0.1, -0.05) is 36.2 Å². The minimum absolute atomic E-state index is 0.0821. The van der Waals surface area contributed by atoms with Crippen LogP contribution in [0.15, 0.2) is 28.7 Å². The molecular weight excluding hydrogens is 254 g/mol. The highest BCUT2D eigenvalue weighted by atomic mass is 79.9. The van der Waals surface area contributed by atoms with E-state index in [4.69, 9.17) is 0 Å². The van der Waals surface area contributed by atoms with Gasteiger partial charge in [0.1, 0.15) is 0 Å². The molecule has 0 saturated heterocycles. The molecule has 3 heteroatoms. The summed E-state index contributed by atoms with van der Waals surface area (Å²) in [5.41, 5.74) is 0.853. The van der Waals surface area contributed by atoms with Crippen molar-refractivity contribution >= 4 is 27.5 Å². The molecule has 15 heavy (non-hydrogen) atoms. The zero-order valence-corrected chi connectivity index (χ0v) is 10.7. The largest absolute Gasteiger partial charge is 0.326 e. The van der Waals surface area contributed by atoms with Gasteiger partial charge in [0.2, 0.25) is 5.91 Å². The van der Waals surface area contributed by atoms with Crippen molar-refractivity contribution in [2.45, 2.75) is 26.7 Å². The Morgan fingerprint density at radius 3 is 2.53 bits per heavy atom. The van der Waals surface area contributed by atoms with E-state index in [1.807, 2.05) is 31.2 Å². The summed E-state index contributed by atoms with van der Waals surface area (Å²) in [6, 6.07) is 7.61. The van der Waals surface area contributed by atoms with Gasteiger partial charge in [-0.25, -0.2) is 0 Å². The zero-order chi connectivity index (χ0) is 11.3. The fraction of sp³-hybridized carbons (Fsp3) is 0.417. The Bertz CT molecular complexity index is 321. The van der Waals surface area contributed by atoms with Gasteiger partial charge in [-0.05, 0) is 30.7 Å². The third-order valence-corrected chi connectivity index (χ3v) is 2.81. The highest BCUT2D eigenvalue weighted by molar-refractivity contribution is 9.10. The SMILES string of the molecule is CCC[C@H](C)C(=O)Nc1ccc(Br)cc1. The normalized spacial score (nSPS) is 12.2. The van der Waals surface area contributed by atoms with Gasteiger partial charge in [-0.2, -0.15) is 0 Å². The minimum Gasteiger partial charge on any atom is -0.326 e. The van der Waals surface area contributed by atoms with Crippen LogP contribution in [-0.4, -0.2) is 5.91 Å². The van der Waals surface area contributed by atoms with E-state index in [1.54, 1.807) is 0 Å². The molecule has 0 heterocycles. The average Bonchev–Trinajstić information content (AvgIpc) is 2.22. The highest BCUT2D eigenvalue weighted by Crippen LogP contribution is 2.15. The summed E-state index contributed by atoms with van der Waals surface area (Å²) in [6.45, 7) is 4.04. The molecule has 1 N–H and O–H groups in total. The van der Waals surface area contributed by atoms with Gasteiger partial charge in [-0.3, -0.25) is 4.79 Å². The zero-order valence-electron chi connectivity index (χ0n) is 9.09. The van der Waals surface area contributed by atoms with Crippen molar-refractivity contribution in [2.24, 2.45) is 5.92 Å². The highest BCUT2D eigenvalue weighted by Gasteiger charge is 2.11. The first-order chi connectivity index (χ1) is 7.13. The molecule has 0 bridgehead atoms.